The summed E-state index contributed by atoms with van der Waals surface area (Å²) in [5.41, 5.74) is 6.01. The standard InChI is InChI=1S/C12H16F3NS/c13-12(14,15)9-5-2-1-4-8(9)11(16)10-6-3-7-17-10/h3,6-9,11H,1-2,4-5,16H2. The molecule has 0 saturated heterocycles. The highest BCUT2D eigenvalue weighted by Gasteiger charge is 2.47. The number of hydrogen-bond acceptors (Lipinski definition) is 2. The molecule has 3 unspecified atom stereocenters. The minimum absolute atomic E-state index is 0.229. The van der Waals surface area contributed by atoms with E-state index in [0.717, 1.165) is 11.3 Å². The number of hydrogen-bond donors (Lipinski definition) is 1. The van der Waals surface area contributed by atoms with E-state index in [1.54, 1.807) is 0 Å². The van der Waals surface area contributed by atoms with Crippen molar-refractivity contribution in [3.63, 3.8) is 0 Å². The monoisotopic (exact) mass is 263 g/mol. The Hall–Kier alpha value is -0.550. The first-order valence-electron chi connectivity index (χ1n) is 5.86. The fourth-order valence-corrected chi connectivity index (χ4v) is 3.49. The first-order valence-corrected chi connectivity index (χ1v) is 6.74. The van der Waals surface area contributed by atoms with Crippen LogP contribution in [0.1, 0.15) is 36.6 Å². The molecule has 17 heavy (non-hydrogen) atoms. The maximum Gasteiger partial charge on any atom is 0.392 e. The van der Waals surface area contributed by atoms with Crippen LogP contribution in [-0.4, -0.2) is 6.18 Å². The van der Waals surface area contributed by atoms with E-state index >= 15 is 0 Å². The predicted molar refractivity (Wildman–Crippen MR) is 62.8 cm³/mol. The topological polar surface area (TPSA) is 26.0 Å². The van der Waals surface area contributed by atoms with Crippen molar-refractivity contribution in [1.29, 1.82) is 0 Å². The van der Waals surface area contributed by atoms with Crippen LogP contribution in [-0.2, 0) is 0 Å². The molecule has 0 aliphatic heterocycles. The van der Waals surface area contributed by atoms with Gasteiger partial charge in [0.15, 0.2) is 0 Å². The summed E-state index contributed by atoms with van der Waals surface area (Å²) in [6, 6.07) is 3.20. The molecule has 2 N–H and O–H groups in total. The van der Waals surface area contributed by atoms with Gasteiger partial charge in [0.1, 0.15) is 0 Å². The van der Waals surface area contributed by atoms with Crippen LogP contribution in [0.25, 0.3) is 0 Å². The van der Waals surface area contributed by atoms with Gasteiger partial charge in [-0.25, -0.2) is 0 Å². The summed E-state index contributed by atoms with van der Waals surface area (Å²) in [6.45, 7) is 0. The van der Waals surface area contributed by atoms with Crippen LogP contribution in [0.5, 0.6) is 0 Å². The van der Waals surface area contributed by atoms with E-state index in [1.165, 1.54) is 11.3 Å². The molecule has 1 aromatic heterocycles. The number of alkyl halides is 3. The smallest absolute Gasteiger partial charge is 0.323 e. The van der Waals surface area contributed by atoms with Gasteiger partial charge < -0.3 is 5.73 Å². The molecule has 1 aliphatic rings. The minimum atomic E-state index is -4.11. The van der Waals surface area contributed by atoms with Crippen molar-refractivity contribution in [1.82, 2.24) is 0 Å². The van der Waals surface area contributed by atoms with Crippen molar-refractivity contribution in [2.24, 2.45) is 17.6 Å². The fraction of sp³-hybridized carbons (Fsp3) is 0.667. The molecule has 5 heteroatoms. The Bertz CT molecular complexity index is 347. The summed E-state index contributed by atoms with van der Waals surface area (Å²) in [7, 11) is 0. The zero-order chi connectivity index (χ0) is 12.5. The number of rotatable bonds is 2. The molecule has 96 valence electrons. The van der Waals surface area contributed by atoms with E-state index in [0.29, 0.717) is 12.8 Å². The third-order valence-electron chi connectivity index (χ3n) is 3.57. The third kappa shape index (κ3) is 2.83. The largest absolute Gasteiger partial charge is 0.392 e. The highest BCUT2D eigenvalue weighted by Crippen LogP contribution is 2.46. The lowest BCUT2D eigenvalue weighted by Gasteiger charge is -2.36. The number of halogens is 3. The van der Waals surface area contributed by atoms with Crippen LogP contribution in [0, 0.1) is 11.8 Å². The van der Waals surface area contributed by atoms with Crippen molar-refractivity contribution < 1.29 is 13.2 Å². The van der Waals surface area contributed by atoms with Crippen molar-refractivity contribution in [2.45, 2.75) is 37.9 Å². The van der Waals surface area contributed by atoms with Crippen molar-refractivity contribution >= 4 is 11.3 Å². The molecule has 0 spiro atoms. The summed E-state index contributed by atoms with van der Waals surface area (Å²) in [5, 5.41) is 1.86. The van der Waals surface area contributed by atoms with Crippen LogP contribution < -0.4 is 5.73 Å². The molecule has 1 saturated carbocycles. The van der Waals surface area contributed by atoms with Crippen molar-refractivity contribution in [3.05, 3.63) is 22.4 Å². The van der Waals surface area contributed by atoms with Gasteiger partial charge in [0, 0.05) is 10.9 Å². The van der Waals surface area contributed by atoms with Gasteiger partial charge in [-0.05, 0) is 30.2 Å². The summed E-state index contributed by atoms with van der Waals surface area (Å²) >= 11 is 1.44. The molecular weight excluding hydrogens is 247 g/mol. The molecule has 1 aliphatic carbocycles. The van der Waals surface area contributed by atoms with Crippen molar-refractivity contribution in [3.8, 4) is 0 Å². The van der Waals surface area contributed by atoms with Gasteiger partial charge in [-0.1, -0.05) is 18.9 Å². The molecule has 0 aromatic carbocycles. The highest BCUT2D eigenvalue weighted by molar-refractivity contribution is 7.10. The minimum Gasteiger partial charge on any atom is -0.323 e. The van der Waals surface area contributed by atoms with E-state index in [2.05, 4.69) is 0 Å². The average Bonchev–Trinajstić information content (AvgIpc) is 2.80. The maximum atomic E-state index is 12.9. The molecule has 1 aromatic rings. The lowest BCUT2D eigenvalue weighted by Crippen LogP contribution is -2.38. The molecule has 0 bridgehead atoms. The molecule has 1 heterocycles. The first-order chi connectivity index (χ1) is 8.00. The van der Waals surface area contributed by atoms with E-state index in [1.807, 2.05) is 17.5 Å². The SMILES string of the molecule is NC(c1cccs1)C1CCCCC1C(F)(F)F. The predicted octanol–water partition coefficient (Wildman–Crippen LogP) is 4.12. The molecule has 0 radical (unpaired) electrons. The van der Waals surface area contributed by atoms with Gasteiger partial charge in [-0.2, -0.15) is 13.2 Å². The van der Waals surface area contributed by atoms with E-state index in [4.69, 9.17) is 5.73 Å². The summed E-state index contributed by atoms with van der Waals surface area (Å²) in [6.07, 6.45) is -1.77. The molecule has 0 amide bonds. The summed E-state index contributed by atoms with van der Waals surface area (Å²) < 4.78 is 38.8. The molecule has 2 rings (SSSR count). The molecule has 1 fully saturated rings. The van der Waals surface area contributed by atoms with Crippen LogP contribution in [0.4, 0.5) is 13.2 Å². The van der Waals surface area contributed by atoms with Gasteiger partial charge in [0.05, 0.1) is 5.92 Å². The Labute approximate surface area is 103 Å². The Morgan fingerprint density at radius 2 is 2.00 bits per heavy atom. The Kier molecular flexibility index (Phi) is 3.78. The van der Waals surface area contributed by atoms with E-state index < -0.39 is 24.1 Å². The summed E-state index contributed by atoms with van der Waals surface area (Å²) in [5.74, 6) is -1.68. The third-order valence-corrected chi connectivity index (χ3v) is 4.55. The summed E-state index contributed by atoms with van der Waals surface area (Å²) in [4.78, 5) is 0.867. The van der Waals surface area contributed by atoms with Gasteiger partial charge in [-0.3, -0.25) is 0 Å². The van der Waals surface area contributed by atoms with Crippen LogP contribution in [0.3, 0.4) is 0 Å². The Morgan fingerprint density at radius 3 is 2.59 bits per heavy atom. The zero-order valence-corrected chi connectivity index (χ0v) is 10.2. The van der Waals surface area contributed by atoms with Gasteiger partial charge in [0.25, 0.3) is 0 Å². The van der Waals surface area contributed by atoms with Gasteiger partial charge >= 0.3 is 6.18 Å². The van der Waals surface area contributed by atoms with Crippen molar-refractivity contribution in [2.75, 3.05) is 0 Å². The van der Waals surface area contributed by atoms with Gasteiger partial charge in [0.2, 0.25) is 0 Å². The average molecular weight is 263 g/mol. The molecular formula is C12H16F3NS. The van der Waals surface area contributed by atoms with Crippen LogP contribution >= 0.6 is 11.3 Å². The Morgan fingerprint density at radius 1 is 1.29 bits per heavy atom. The number of thiophene rings is 1. The quantitative estimate of drug-likeness (QED) is 0.853. The van der Waals surface area contributed by atoms with Crippen LogP contribution in [0.2, 0.25) is 0 Å². The number of nitrogens with two attached hydrogens (primary N) is 1. The van der Waals surface area contributed by atoms with E-state index in [-0.39, 0.29) is 6.42 Å². The molecule has 3 atom stereocenters. The maximum absolute atomic E-state index is 12.9. The van der Waals surface area contributed by atoms with Crippen LogP contribution in [0.15, 0.2) is 17.5 Å². The first kappa shape index (κ1) is 12.9. The lowest BCUT2D eigenvalue weighted by molar-refractivity contribution is -0.198. The normalized spacial score (nSPS) is 28.0. The highest BCUT2D eigenvalue weighted by atomic mass is 32.1. The van der Waals surface area contributed by atoms with Gasteiger partial charge in [-0.15, -0.1) is 11.3 Å². The Balaban J connectivity index is 2.16. The second-order valence-electron chi connectivity index (χ2n) is 4.64. The zero-order valence-electron chi connectivity index (χ0n) is 9.41. The fourth-order valence-electron chi connectivity index (χ4n) is 2.69. The van der Waals surface area contributed by atoms with E-state index in [9.17, 15) is 13.2 Å². The molecule has 1 nitrogen and oxygen atoms in total. The second kappa shape index (κ2) is 4.98. The second-order valence-corrected chi connectivity index (χ2v) is 5.62. The lowest BCUT2D eigenvalue weighted by atomic mass is 9.74.